The largest absolute Gasteiger partial charge is 0.542 e. The number of amides is 2. The number of nitrogens with zero attached hydrogens (tertiary/aromatic N) is 7. The van der Waals surface area contributed by atoms with Crippen LogP contribution >= 0.6 is 0 Å². The maximum absolute atomic E-state index is 13.5. The molecule has 32 heteroatoms. The number of benzene rings is 1. The molecule has 4 heterocycles. The van der Waals surface area contributed by atoms with Crippen molar-refractivity contribution in [2.45, 2.75) is 114 Å². The number of fused-ring (bicyclic) bond motifs is 2. The number of aromatic amines is 1. The molecule has 8 atom stereocenters. The van der Waals surface area contributed by atoms with Gasteiger partial charge in [0.25, 0.3) is 11.7 Å². The predicted molar refractivity (Wildman–Crippen MR) is 244 cm³/mol. The van der Waals surface area contributed by atoms with Gasteiger partial charge in [-0.3, -0.25) is 19.4 Å². The van der Waals surface area contributed by atoms with Crippen LogP contribution in [0.3, 0.4) is 0 Å². The summed E-state index contributed by atoms with van der Waals surface area (Å²) < 4.78 is 67.4. The molecule has 1 saturated heterocycles. The highest BCUT2D eigenvalue weighted by Crippen LogP contribution is 2.25. The lowest BCUT2D eigenvalue weighted by Crippen LogP contribution is -2.56. The van der Waals surface area contributed by atoms with Gasteiger partial charge in [-0.15, -0.1) is 0 Å². The third-order valence-electron chi connectivity index (χ3n) is 11.9. The van der Waals surface area contributed by atoms with Crippen molar-refractivity contribution in [3.05, 3.63) is 41.9 Å². The number of halogens is 6. The number of imidazole rings is 1. The molecule has 422 valence electrons. The van der Waals surface area contributed by atoms with Gasteiger partial charge in [0.1, 0.15) is 54.7 Å². The first-order valence-electron chi connectivity index (χ1n) is 22.9. The fourth-order valence-corrected chi connectivity index (χ4v) is 7.94. The number of carbonyl (C=O) groups is 4. The first-order chi connectivity index (χ1) is 35.1. The van der Waals surface area contributed by atoms with E-state index in [-0.39, 0.29) is 43.2 Å². The van der Waals surface area contributed by atoms with Crippen molar-refractivity contribution < 1.29 is 111 Å². The van der Waals surface area contributed by atoms with Crippen LogP contribution < -0.4 is 25.6 Å². The van der Waals surface area contributed by atoms with Crippen molar-refractivity contribution in [1.29, 1.82) is 0 Å². The number of carbonyl (C=O) groups excluding carboxylic acids is 3. The van der Waals surface area contributed by atoms with Crippen LogP contribution in [-0.2, 0) is 34.0 Å². The zero-order valence-corrected chi connectivity index (χ0v) is 40.3. The number of aliphatic carboxylic acids is 2. The van der Waals surface area contributed by atoms with Crippen LogP contribution in [0.25, 0.3) is 22.2 Å². The highest BCUT2D eigenvalue weighted by atomic mass is 19.4. The van der Waals surface area contributed by atoms with Gasteiger partial charge in [-0.25, -0.2) is 23.9 Å². The Morgan fingerprint density at radius 3 is 1.85 bits per heavy atom. The summed E-state index contributed by atoms with van der Waals surface area (Å²) in [6.07, 6.45) is -21.2. The van der Waals surface area contributed by atoms with Crippen LogP contribution in [0.4, 0.5) is 38.0 Å². The Hall–Kier alpha value is -5.91. The van der Waals surface area contributed by atoms with E-state index in [4.69, 9.17) is 25.5 Å². The summed E-state index contributed by atoms with van der Waals surface area (Å²) in [6, 6.07) is 6.85. The van der Waals surface area contributed by atoms with Gasteiger partial charge in [0, 0.05) is 50.0 Å². The van der Waals surface area contributed by atoms with E-state index in [1.54, 1.807) is 23.2 Å². The molecule has 1 aromatic carbocycles. The highest BCUT2D eigenvalue weighted by molar-refractivity contribution is 5.97. The van der Waals surface area contributed by atoms with E-state index >= 15 is 0 Å². The van der Waals surface area contributed by atoms with Gasteiger partial charge >= 0.3 is 18.3 Å². The fourth-order valence-electron chi connectivity index (χ4n) is 7.94. The lowest BCUT2D eigenvalue weighted by Gasteiger charge is -2.41. The van der Waals surface area contributed by atoms with Crippen LogP contribution in [0, 0.1) is 0 Å². The fraction of sp³-hybridized carbons (Fsp3) is 0.605. The molecule has 4 aromatic rings. The van der Waals surface area contributed by atoms with Gasteiger partial charge in [0.2, 0.25) is 6.41 Å². The van der Waals surface area contributed by atoms with Gasteiger partial charge in [-0.1, -0.05) is 0 Å². The van der Waals surface area contributed by atoms with Crippen molar-refractivity contribution in [3.8, 4) is 0 Å². The summed E-state index contributed by atoms with van der Waals surface area (Å²) in [5, 5.41) is 120. The second kappa shape index (κ2) is 28.3. The number of piperidine rings is 1. The summed E-state index contributed by atoms with van der Waals surface area (Å²) >= 11 is 0. The van der Waals surface area contributed by atoms with Crippen LogP contribution in [0.1, 0.15) is 42.9 Å². The SMILES string of the molecule is CCn1c(CN(C=O)c2nc3cc[nH]c3nc2N)[n+](CC)c2ccc(C(=O)NCCN3CCC(N(C[C@H](O)[C@@H](O)[C@H](O)[C@H](O)CO)C[C@H](O)[C@@H](O)[C@H](O)[C@H](O)CO)CC3)cc21.O=C(O)C(F)(F)F.O=C([O-])C(F)(F)F. The minimum Gasteiger partial charge on any atom is -0.542 e. The lowest BCUT2D eigenvalue weighted by atomic mass is 9.97. The van der Waals surface area contributed by atoms with E-state index in [1.165, 1.54) is 4.90 Å². The number of aryl methyl sites for hydroxylation is 2. The Bertz CT molecular complexity index is 2420. The molecule has 15 N–H and O–H groups in total. The third kappa shape index (κ3) is 17.3. The Morgan fingerprint density at radius 1 is 0.880 bits per heavy atom. The maximum Gasteiger partial charge on any atom is 0.490 e. The van der Waals surface area contributed by atoms with Crippen LogP contribution in [-0.4, -0.2) is 229 Å². The average Bonchev–Trinajstić information content (AvgIpc) is 3.96. The predicted octanol–water partition coefficient (Wildman–Crippen LogP) is -4.71. The first-order valence-corrected chi connectivity index (χ1v) is 22.9. The topological polar surface area (TPSA) is 412 Å². The van der Waals surface area contributed by atoms with Crippen LogP contribution in [0.15, 0.2) is 30.5 Å². The van der Waals surface area contributed by atoms with Gasteiger partial charge in [0.05, 0.1) is 38.5 Å². The van der Waals surface area contributed by atoms with E-state index in [2.05, 4.69) is 29.7 Å². The Kier molecular flexibility index (Phi) is 23.9. The van der Waals surface area contributed by atoms with Gasteiger partial charge in [-0.2, -0.15) is 26.3 Å². The molecule has 26 nitrogen and oxygen atoms in total. The molecule has 2 amide bonds. The second-order valence-corrected chi connectivity index (χ2v) is 17.0. The number of carboxylic acid groups (broad SMARTS) is 2. The standard InChI is InChI=1S/C39H60N10O12.2C2HF3O2/c1-3-48-25-6-5-22(15-26(25)49(4-2)31(48)18-47(21-52)38-36(40)44-37-24(43-38)7-10-41-37)39(61)42-11-14-45-12-8-23(9-13-45)46(16-27(53)32(57)34(59)29(55)19-50)17-28(54)33(58)35(60)30(56)20-51;2*3-2(4,5)1(6)7/h5-7,10,15,21,23,27-30,32-35,50-51,53-60H,3-4,8-9,11-14,16-20H2,1-2H3,(H3-,40,41,42,43,44,61);2*(H,6,7)/t27-,28-,29+,30+,32+,33+,34+,35+;;/m0../s1. The number of hydrogen-bond donors (Lipinski definition) is 14. The molecule has 1 fully saturated rings. The van der Waals surface area contributed by atoms with E-state index in [0.717, 1.165) is 16.9 Å². The van der Waals surface area contributed by atoms with Crippen LogP contribution in [0.5, 0.6) is 0 Å². The molecular formula is C43H62F6N10O16. The highest BCUT2D eigenvalue weighted by Gasteiger charge is 2.39. The number of carboxylic acids is 2. The molecule has 0 saturated carbocycles. The monoisotopic (exact) mass is 1090 g/mol. The molecule has 0 unspecified atom stereocenters. The Morgan fingerprint density at radius 2 is 1.40 bits per heavy atom. The molecular weight excluding hydrogens is 1030 g/mol. The van der Waals surface area contributed by atoms with Crippen molar-refractivity contribution >= 4 is 58.1 Å². The Labute approximate surface area is 422 Å². The summed E-state index contributed by atoms with van der Waals surface area (Å²) in [5.41, 5.74) is 9.41. The molecule has 5 rings (SSSR count). The number of hydrogen-bond acceptors (Lipinski definition) is 20. The van der Waals surface area contributed by atoms with Gasteiger partial charge < -0.3 is 87.0 Å². The number of rotatable bonds is 23. The minimum atomic E-state index is -5.19. The molecule has 3 aromatic heterocycles. The summed E-state index contributed by atoms with van der Waals surface area (Å²) in [6.45, 7) is 4.69. The summed E-state index contributed by atoms with van der Waals surface area (Å²) in [5.74, 6) is -4.91. The zero-order valence-electron chi connectivity index (χ0n) is 40.3. The van der Waals surface area contributed by atoms with Gasteiger partial charge in [0.15, 0.2) is 28.3 Å². The zero-order chi connectivity index (χ0) is 56.7. The molecule has 0 radical (unpaired) electrons. The number of alkyl halides is 6. The molecule has 75 heavy (non-hydrogen) atoms. The van der Waals surface area contributed by atoms with E-state index in [9.17, 15) is 87.0 Å². The number of likely N-dealkylation sites (tertiary alicyclic amines) is 1. The molecule has 0 bridgehead atoms. The molecule has 1 aliphatic rings. The van der Waals surface area contributed by atoms with E-state index in [1.807, 2.05) is 30.5 Å². The number of nitrogens with two attached hydrogens (primary N) is 1. The smallest absolute Gasteiger partial charge is 0.490 e. The number of H-pyrrole nitrogens is 1. The normalized spacial score (nSPS) is 16.9. The van der Waals surface area contributed by atoms with E-state index in [0.29, 0.717) is 75.2 Å². The average molecular weight is 1090 g/mol. The number of aliphatic hydroxyl groups excluding tert-OH is 10. The number of nitrogens with one attached hydrogen (secondary N) is 2. The van der Waals surface area contributed by atoms with Crippen molar-refractivity contribution in [2.75, 3.05) is 63.1 Å². The quantitative estimate of drug-likeness (QED) is 0.0188. The summed E-state index contributed by atoms with van der Waals surface area (Å²) in [4.78, 5) is 60.5. The number of aromatic nitrogens is 5. The Balaban J connectivity index is 0.000000928. The van der Waals surface area contributed by atoms with Crippen molar-refractivity contribution in [2.24, 2.45) is 0 Å². The van der Waals surface area contributed by atoms with E-state index < -0.39 is 86.3 Å². The maximum atomic E-state index is 13.5. The summed E-state index contributed by atoms with van der Waals surface area (Å²) in [7, 11) is 0. The number of nitrogen functional groups attached to an aromatic ring is 1. The molecule has 0 aliphatic carbocycles. The van der Waals surface area contributed by atoms with Crippen LogP contribution in [0.2, 0.25) is 0 Å². The van der Waals surface area contributed by atoms with Crippen molar-refractivity contribution in [1.82, 2.24) is 34.6 Å². The first kappa shape index (κ1) is 63.4. The number of anilines is 2. The third-order valence-corrected chi connectivity index (χ3v) is 11.9. The molecule has 0 spiro atoms. The van der Waals surface area contributed by atoms with Gasteiger partial charge in [-0.05, 0) is 58.0 Å². The van der Waals surface area contributed by atoms with Crippen molar-refractivity contribution in [3.63, 3.8) is 0 Å². The number of aliphatic hydroxyl groups is 10. The lowest BCUT2D eigenvalue weighted by molar-refractivity contribution is -0.676. The minimum absolute atomic E-state index is 0.103. The molecule has 1 aliphatic heterocycles. The second-order valence-electron chi connectivity index (χ2n) is 17.0.